The number of carbonyl (C=O) groups is 5. The molecule has 4 amide bonds. The summed E-state index contributed by atoms with van der Waals surface area (Å²) in [5.41, 5.74) is 0.335. The molecule has 4 aliphatic rings. The number of hydrogen-bond donors (Lipinski definition) is 2. The van der Waals surface area contributed by atoms with Crippen LogP contribution in [0, 0.1) is 23.6 Å². The molecule has 0 aromatic heterocycles. The van der Waals surface area contributed by atoms with E-state index in [2.05, 4.69) is 0 Å². The Kier molecular flexibility index (Phi) is 5.50. The molecule has 2 aliphatic carbocycles. The number of aromatic hydroxyl groups is 1. The highest BCUT2D eigenvalue weighted by atomic mass is 35.5. The number of allylic oxidation sites excluding steroid dienone is 2. The van der Waals surface area contributed by atoms with E-state index in [9.17, 15) is 33.5 Å². The van der Waals surface area contributed by atoms with Crippen molar-refractivity contribution in [3.63, 3.8) is 0 Å². The Morgan fingerprint density at radius 2 is 1.83 bits per heavy atom. The maximum absolute atomic E-state index is 14.4. The molecule has 36 heavy (non-hydrogen) atoms. The number of imide groups is 2. The summed E-state index contributed by atoms with van der Waals surface area (Å²) in [7, 11) is 1.22. The van der Waals surface area contributed by atoms with Gasteiger partial charge in [-0.15, -0.1) is 23.2 Å². The summed E-state index contributed by atoms with van der Waals surface area (Å²) in [6, 6.07) is 3.71. The van der Waals surface area contributed by atoms with Crippen molar-refractivity contribution in [3.8, 4) is 5.75 Å². The lowest BCUT2D eigenvalue weighted by molar-refractivity contribution is -0.143. The molecule has 0 unspecified atom stereocenters. The fourth-order valence-electron chi connectivity index (χ4n) is 6.35. The van der Waals surface area contributed by atoms with Crippen LogP contribution in [0.3, 0.4) is 0 Å². The van der Waals surface area contributed by atoms with Gasteiger partial charge in [-0.05, 0) is 24.8 Å². The van der Waals surface area contributed by atoms with Crippen molar-refractivity contribution >= 4 is 52.8 Å². The van der Waals surface area contributed by atoms with Crippen LogP contribution in [-0.4, -0.2) is 73.0 Å². The monoisotopic (exact) mass is 538 g/mol. The maximum atomic E-state index is 14.4. The van der Waals surface area contributed by atoms with E-state index in [1.165, 1.54) is 19.2 Å². The normalized spacial score (nSPS) is 35.5. The average molecular weight is 539 g/mol. The lowest BCUT2D eigenvalue weighted by Gasteiger charge is -2.50. The first-order valence-corrected chi connectivity index (χ1v) is 12.1. The van der Waals surface area contributed by atoms with Crippen LogP contribution in [0.5, 0.6) is 5.75 Å². The highest BCUT2D eigenvalue weighted by molar-refractivity contribution is 6.53. The van der Waals surface area contributed by atoms with Gasteiger partial charge >= 0.3 is 5.97 Å². The summed E-state index contributed by atoms with van der Waals surface area (Å²) >= 11 is 13.9. The zero-order valence-corrected chi connectivity index (χ0v) is 20.4. The molecule has 2 N–H and O–H groups in total. The predicted octanol–water partition coefficient (Wildman–Crippen LogP) is 1.99. The number of phenolic OH excluding ortho intramolecular Hbond substituents is 1. The highest BCUT2D eigenvalue weighted by Crippen LogP contribution is 2.66. The Bertz CT molecular complexity index is 1280. The molecule has 2 saturated heterocycles. The third-order valence-corrected chi connectivity index (χ3v) is 9.40. The predicted molar refractivity (Wildman–Crippen MR) is 123 cm³/mol. The topological polar surface area (TPSA) is 132 Å². The molecule has 2 heterocycles. The molecule has 0 spiro atoms. The Morgan fingerprint density at radius 1 is 1.14 bits per heavy atom. The van der Waals surface area contributed by atoms with E-state index in [0.29, 0.717) is 5.57 Å². The largest absolute Gasteiger partial charge is 0.505 e. The van der Waals surface area contributed by atoms with Crippen molar-refractivity contribution in [2.24, 2.45) is 17.8 Å². The van der Waals surface area contributed by atoms with Gasteiger partial charge in [0, 0.05) is 25.1 Å². The molecule has 1 aromatic rings. The van der Waals surface area contributed by atoms with Crippen LogP contribution in [0.2, 0.25) is 0 Å². The minimum absolute atomic E-state index is 0.0691. The average Bonchev–Trinajstić information content (AvgIpc) is 3.14. The lowest BCUT2D eigenvalue weighted by atomic mass is 9.56. The zero-order chi connectivity index (χ0) is 26.3. The molecule has 9 nitrogen and oxygen atoms in total. The Labute approximate surface area is 214 Å². The number of carboxylic acid groups (broad SMARTS) is 1. The number of likely N-dealkylation sites (tertiary alicyclic amines) is 2. The molecule has 3 fully saturated rings. The summed E-state index contributed by atoms with van der Waals surface area (Å²) in [5.74, 6) is -9.56. The molecule has 1 saturated carbocycles. The summed E-state index contributed by atoms with van der Waals surface area (Å²) in [4.78, 5) is 61.7. The molecule has 6 atom stereocenters. The number of halogens is 3. The van der Waals surface area contributed by atoms with Gasteiger partial charge in [0.05, 0.1) is 18.3 Å². The SMILES string of the molecule is CN1C(=O)[C@]2(Cl)C[C@@H]3C(=CC[C@@H]4C(=O)N(CCC(=O)O)C(=O)[C@@H]43)[C@H](c3cccc(F)c3O)[C@]2(Cl)C1=O. The van der Waals surface area contributed by atoms with Crippen molar-refractivity contribution < 1.29 is 38.6 Å². The number of para-hydroxylation sites is 1. The quantitative estimate of drug-likeness (QED) is 0.340. The van der Waals surface area contributed by atoms with Crippen LogP contribution in [-0.2, 0) is 24.0 Å². The van der Waals surface area contributed by atoms with Crippen LogP contribution < -0.4 is 0 Å². The van der Waals surface area contributed by atoms with Crippen LogP contribution in [0.4, 0.5) is 4.39 Å². The van der Waals surface area contributed by atoms with Crippen molar-refractivity contribution in [2.75, 3.05) is 13.6 Å². The molecule has 0 radical (unpaired) electrons. The van der Waals surface area contributed by atoms with Crippen molar-refractivity contribution in [1.29, 1.82) is 0 Å². The minimum atomic E-state index is -2.13. The minimum Gasteiger partial charge on any atom is -0.505 e. The number of carbonyl (C=O) groups excluding carboxylic acids is 4. The standard InChI is InChI=1S/C24H21Cl2FN2O7/c1-28-21(35)23(25)9-13-10(5-6-11-16(13)20(34)29(19(11)33)8-7-15(30)31)17(24(23,26)22(28)36)12-3-2-4-14(27)18(12)32/h2-5,11,13,16-17,32H,6-9H2,1H3,(H,30,31)/t11-,13+,16-,17+,23+,24-/m0/s1. The lowest BCUT2D eigenvalue weighted by Crippen LogP contribution is -2.60. The number of benzene rings is 1. The molecule has 1 aromatic carbocycles. The van der Waals surface area contributed by atoms with Crippen molar-refractivity contribution in [1.82, 2.24) is 9.80 Å². The summed E-state index contributed by atoms with van der Waals surface area (Å²) in [6.07, 6.45) is 1.04. The van der Waals surface area contributed by atoms with E-state index in [1.807, 2.05) is 0 Å². The Morgan fingerprint density at radius 3 is 2.50 bits per heavy atom. The van der Waals surface area contributed by atoms with Gasteiger partial charge in [0.25, 0.3) is 11.8 Å². The van der Waals surface area contributed by atoms with Gasteiger partial charge in [0.15, 0.2) is 21.3 Å². The van der Waals surface area contributed by atoms with E-state index < -0.39 is 81.0 Å². The maximum Gasteiger partial charge on any atom is 0.305 e. The van der Waals surface area contributed by atoms with E-state index in [0.717, 1.165) is 15.9 Å². The molecular weight excluding hydrogens is 518 g/mol. The van der Waals surface area contributed by atoms with Crippen LogP contribution in [0.1, 0.15) is 30.7 Å². The summed E-state index contributed by atoms with van der Waals surface area (Å²) in [6.45, 7) is -0.304. The number of phenols is 1. The van der Waals surface area contributed by atoms with Gasteiger partial charge in [0.2, 0.25) is 11.8 Å². The second kappa shape index (κ2) is 8.01. The molecular formula is C24H21Cl2FN2O7. The number of carboxylic acids is 1. The molecule has 2 aliphatic heterocycles. The smallest absolute Gasteiger partial charge is 0.305 e. The van der Waals surface area contributed by atoms with Gasteiger partial charge in [0.1, 0.15) is 0 Å². The number of aliphatic carboxylic acids is 1. The highest BCUT2D eigenvalue weighted by Gasteiger charge is 2.76. The number of rotatable bonds is 4. The first kappa shape index (κ1) is 24.7. The number of nitrogens with zero attached hydrogens (tertiary/aromatic N) is 2. The fourth-order valence-corrected chi connectivity index (χ4v) is 7.36. The number of amides is 4. The summed E-state index contributed by atoms with van der Waals surface area (Å²) in [5, 5.41) is 19.6. The molecule has 0 bridgehead atoms. The number of alkyl halides is 2. The number of fused-ring (bicyclic) bond motifs is 4. The summed E-state index contributed by atoms with van der Waals surface area (Å²) < 4.78 is 14.4. The second-order valence-corrected chi connectivity index (χ2v) is 10.9. The van der Waals surface area contributed by atoms with E-state index in [4.69, 9.17) is 28.3 Å². The molecule has 12 heteroatoms. The Balaban J connectivity index is 1.68. The zero-order valence-electron chi connectivity index (χ0n) is 18.9. The van der Waals surface area contributed by atoms with Gasteiger partial charge in [-0.25, -0.2) is 4.39 Å². The third-order valence-electron chi connectivity index (χ3n) is 7.98. The van der Waals surface area contributed by atoms with Gasteiger partial charge in [-0.3, -0.25) is 33.8 Å². The van der Waals surface area contributed by atoms with Crippen LogP contribution >= 0.6 is 23.2 Å². The van der Waals surface area contributed by atoms with Gasteiger partial charge in [-0.2, -0.15) is 0 Å². The first-order chi connectivity index (χ1) is 16.9. The first-order valence-electron chi connectivity index (χ1n) is 11.3. The van der Waals surface area contributed by atoms with Crippen molar-refractivity contribution in [3.05, 3.63) is 41.2 Å². The number of hydrogen-bond acceptors (Lipinski definition) is 6. The van der Waals surface area contributed by atoms with Gasteiger partial charge < -0.3 is 10.2 Å². The van der Waals surface area contributed by atoms with Crippen molar-refractivity contribution in [2.45, 2.75) is 34.9 Å². The van der Waals surface area contributed by atoms with Crippen LogP contribution in [0.25, 0.3) is 0 Å². The molecule has 5 rings (SSSR count). The van der Waals surface area contributed by atoms with E-state index in [1.54, 1.807) is 6.08 Å². The molecule has 190 valence electrons. The van der Waals surface area contributed by atoms with Crippen LogP contribution in [0.15, 0.2) is 29.8 Å². The third kappa shape index (κ3) is 2.97. The second-order valence-electron chi connectivity index (χ2n) is 9.65. The Hall–Kier alpha value is -2.98. The van der Waals surface area contributed by atoms with E-state index >= 15 is 0 Å². The fraction of sp³-hybridized carbons (Fsp3) is 0.458. The van der Waals surface area contributed by atoms with Gasteiger partial charge in [-0.1, -0.05) is 23.8 Å². The van der Waals surface area contributed by atoms with E-state index in [-0.39, 0.29) is 24.9 Å².